The minimum atomic E-state index is -0.241. The lowest BCUT2D eigenvalue weighted by atomic mass is 9.95. The summed E-state index contributed by atoms with van der Waals surface area (Å²) in [6.45, 7) is 1.58. The van der Waals surface area contributed by atoms with Gasteiger partial charge in [0.05, 0.1) is 6.07 Å². The molecule has 3 aliphatic carbocycles. The first-order valence-electron chi connectivity index (χ1n) is 7.94. The molecule has 0 aromatic carbocycles. The van der Waals surface area contributed by atoms with Gasteiger partial charge in [-0.15, -0.1) is 11.8 Å². The van der Waals surface area contributed by atoms with Crippen molar-refractivity contribution in [3.8, 4) is 6.07 Å². The molecule has 1 saturated heterocycles. The molecule has 4 heteroatoms. The van der Waals surface area contributed by atoms with Gasteiger partial charge in [0.15, 0.2) is 0 Å². The SMILES string of the molecule is CSC1(C#N)CCN(C(=O)C2C3C4CCC(C4)C23)CC1. The Morgan fingerprint density at radius 1 is 1.25 bits per heavy atom. The van der Waals surface area contributed by atoms with Crippen LogP contribution in [0.5, 0.6) is 0 Å². The molecule has 0 radical (unpaired) electrons. The van der Waals surface area contributed by atoms with Crippen molar-refractivity contribution in [1.82, 2.24) is 4.90 Å². The number of piperidine rings is 1. The molecule has 4 unspecified atom stereocenters. The van der Waals surface area contributed by atoms with Gasteiger partial charge in [0.2, 0.25) is 5.91 Å². The molecular weight excluding hydrogens is 268 g/mol. The minimum Gasteiger partial charge on any atom is -0.342 e. The van der Waals surface area contributed by atoms with Gasteiger partial charge in [-0.05, 0) is 62.0 Å². The van der Waals surface area contributed by atoms with Crippen molar-refractivity contribution in [2.24, 2.45) is 29.6 Å². The quantitative estimate of drug-likeness (QED) is 0.785. The lowest BCUT2D eigenvalue weighted by molar-refractivity contribution is -0.134. The number of carbonyl (C=O) groups is 1. The molecule has 4 rings (SSSR count). The van der Waals surface area contributed by atoms with E-state index in [2.05, 4.69) is 11.0 Å². The predicted octanol–water partition coefficient (Wildman–Crippen LogP) is 2.53. The topological polar surface area (TPSA) is 44.1 Å². The van der Waals surface area contributed by atoms with Gasteiger partial charge in [-0.1, -0.05) is 0 Å². The van der Waals surface area contributed by atoms with E-state index in [0.717, 1.165) is 49.6 Å². The van der Waals surface area contributed by atoms with Crippen LogP contribution in [-0.2, 0) is 4.79 Å². The molecule has 0 N–H and O–H groups in total. The summed E-state index contributed by atoms with van der Waals surface area (Å²) in [5.74, 6) is 4.00. The van der Waals surface area contributed by atoms with Crippen LogP contribution in [-0.4, -0.2) is 34.9 Å². The summed E-state index contributed by atoms with van der Waals surface area (Å²) in [5, 5.41) is 9.32. The third-order valence-electron chi connectivity index (χ3n) is 6.50. The highest BCUT2D eigenvalue weighted by Gasteiger charge is 2.68. The highest BCUT2D eigenvalue weighted by molar-refractivity contribution is 8.00. The van der Waals surface area contributed by atoms with E-state index in [0.29, 0.717) is 11.8 Å². The first-order chi connectivity index (χ1) is 9.69. The zero-order chi connectivity index (χ0) is 13.9. The van der Waals surface area contributed by atoms with Crippen LogP contribution in [0, 0.1) is 40.9 Å². The van der Waals surface area contributed by atoms with Gasteiger partial charge in [-0.25, -0.2) is 0 Å². The molecule has 0 aromatic rings. The van der Waals surface area contributed by atoms with Crippen LogP contribution in [0.15, 0.2) is 0 Å². The fraction of sp³-hybridized carbons (Fsp3) is 0.875. The van der Waals surface area contributed by atoms with Gasteiger partial charge in [-0.3, -0.25) is 4.79 Å². The molecule has 4 atom stereocenters. The van der Waals surface area contributed by atoms with Crippen LogP contribution < -0.4 is 0 Å². The lowest BCUT2D eigenvalue weighted by Crippen LogP contribution is -2.45. The van der Waals surface area contributed by atoms with E-state index in [1.807, 2.05) is 6.26 Å². The number of hydrogen-bond donors (Lipinski definition) is 0. The van der Waals surface area contributed by atoms with Crippen molar-refractivity contribution in [3.63, 3.8) is 0 Å². The van der Waals surface area contributed by atoms with Crippen LogP contribution in [0.3, 0.4) is 0 Å². The number of carbonyl (C=O) groups excluding carboxylic acids is 1. The molecule has 108 valence electrons. The van der Waals surface area contributed by atoms with Crippen molar-refractivity contribution in [2.45, 2.75) is 36.9 Å². The van der Waals surface area contributed by atoms with Crippen molar-refractivity contribution in [2.75, 3.05) is 19.3 Å². The van der Waals surface area contributed by atoms with E-state index in [-0.39, 0.29) is 4.75 Å². The smallest absolute Gasteiger partial charge is 0.226 e. The molecule has 2 bridgehead atoms. The van der Waals surface area contributed by atoms with Crippen LogP contribution in [0.25, 0.3) is 0 Å². The minimum absolute atomic E-state index is 0.241. The lowest BCUT2D eigenvalue weighted by Gasteiger charge is -2.36. The summed E-state index contributed by atoms with van der Waals surface area (Å²) >= 11 is 1.66. The van der Waals surface area contributed by atoms with Gasteiger partial charge in [0.25, 0.3) is 0 Å². The average Bonchev–Trinajstić information content (AvgIpc) is 2.94. The molecule has 0 spiro atoms. The molecule has 1 heterocycles. The molecule has 4 aliphatic rings. The summed E-state index contributed by atoms with van der Waals surface area (Å²) < 4.78 is -0.241. The van der Waals surface area contributed by atoms with Gasteiger partial charge in [0.1, 0.15) is 4.75 Å². The number of likely N-dealkylation sites (tertiary alicyclic amines) is 1. The second-order valence-corrected chi connectivity index (χ2v) is 8.34. The second kappa shape index (κ2) is 4.40. The summed E-state index contributed by atoms with van der Waals surface area (Å²) in [4.78, 5) is 14.8. The van der Waals surface area contributed by atoms with Crippen LogP contribution in [0.4, 0.5) is 0 Å². The van der Waals surface area contributed by atoms with Crippen molar-refractivity contribution in [1.29, 1.82) is 5.26 Å². The fourth-order valence-corrected chi connectivity index (χ4v) is 6.00. The van der Waals surface area contributed by atoms with Crippen LogP contribution in [0.1, 0.15) is 32.1 Å². The van der Waals surface area contributed by atoms with Gasteiger partial charge < -0.3 is 4.90 Å². The van der Waals surface area contributed by atoms with Crippen LogP contribution in [0.2, 0.25) is 0 Å². The molecular formula is C16H22N2OS. The number of rotatable bonds is 2. The van der Waals surface area contributed by atoms with Gasteiger partial charge in [-0.2, -0.15) is 5.26 Å². The molecule has 1 aliphatic heterocycles. The van der Waals surface area contributed by atoms with Crippen molar-refractivity contribution >= 4 is 17.7 Å². The summed E-state index contributed by atoms with van der Waals surface area (Å²) in [7, 11) is 0. The molecule has 3 nitrogen and oxygen atoms in total. The maximum Gasteiger partial charge on any atom is 0.226 e. The Morgan fingerprint density at radius 3 is 2.35 bits per heavy atom. The third kappa shape index (κ3) is 1.68. The Kier molecular flexibility index (Phi) is 2.86. The maximum absolute atomic E-state index is 12.7. The highest BCUT2D eigenvalue weighted by Crippen LogP contribution is 2.69. The largest absolute Gasteiger partial charge is 0.342 e. The number of nitrogens with zero attached hydrogens (tertiary/aromatic N) is 2. The monoisotopic (exact) mass is 290 g/mol. The number of fused-ring (bicyclic) bond motifs is 5. The predicted molar refractivity (Wildman–Crippen MR) is 79.0 cm³/mol. The number of nitriles is 1. The van der Waals surface area contributed by atoms with Gasteiger partial charge in [0, 0.05) is 19.0 Å². The normalized spacial score (nSPS) is 44.0. The average molecular weight is 290 g/mol. The van der Waals surface area contributed by atoms with Gasteiger partial charge >= 0.3 is 0 Å². The number of thioether (sulfide) groups is 1. The second-order valence-electron chi connectivity index (χ2n) is 7.15. The molecule has 4 fully saturated rings. The zero-order valence-electron chi connectivity index (χ0n) is 12.0. The van der Waals surface area contributed by atoms with E-state index in [1.165, 1.54) is 19.3 Å². The Balaban J connectivity index is 1.39. The van der Waals surface area contributed by atoms with E-state index in [9.17, 15) is 10.1 Å². The first kappa shape index (κ1) is 13.0. The zero-order valence-corrected chi connectivity index (χ0v) is 12.9. The van der Waals surface area contributed by atoms with Crippen LogP contribution >= 0.6 is 11.8 Å². The van der Waals surface area contributed by atoms with E-state index >= 15 is 0 Å². The Hall–Kier alpha value is -0.690. The maximum atomic E-state index is 12.7. The van der Waals surface area contributed by atoms with E-state index < -0.39 is 0 Å². The molecule has 20 heavy (non-hydrogen) atoms. The van der Waals surface area contributed by atoms with E-state index in [4.69, 9.17) is 0 Å². The van der Waals surface area contributed by atoms with Crippen molar-refractivity contribution in [3.05, 3.63) is 0 Å². The molecule has 0 aromatic heterocycles. The molecule has 3 saturated carbocycles. The first-order valence-corrected chi connectivity index (χ1v) is 9.17. The highest BCUT2D eigenvalue weighted by atomic mass is 32.2. The van der Waals surface area contributed by atoms with Crippen molar-refractivity contribution < 1.29 is 4.79 Å². The number of hydrogen-bond acceptors (Lipinski definition) is 3. The fourth-order valence-electron chi connectivity index (χ4n) is 5.32. The Morgan fingerprint density at radius 2 is 1.85 bits per heavy atom. The third-order valence-corrected chi connectivity index (χ3v) is 7.78. The van der Waals surface area contributed by atoms with E-state index in [1.54, 1.807) is 11.8 Å². The Labute approximate surface area is 125 Å². The summed E-state index contributed by atoms with van der Waals surface area (Å²) in [6, 6.07) is 2.46. The number of amides is 1. The molecule has 1 amide bonds. The Bertz CT molecular complexity index is 461. The summed E-state index contributed by atoms with van der Waals surface area (Å²) in [6.07, 6.45) is 7.85. The standard InChI is InChI=1S/C16H22N2OS/c1-20-16(9-17)4-6-18(7-5-16)15(19)14-12-10-2-3-11(8-10)13(12)14/h10-14H,2-8H2,1H3. The summed E-state index contributed by atoms with van der Waals surface area (Å²) in [5.41, 5.74) is 0.